The Labute approximate surface area is 220 Å². The average molecular weight is 501 g/mol. The summed E-state index contributed by atoms with van der Waals surface area (Å²) in [4.78, 5) is 21.9. The Balaban J connectivity index is 1.04. The van der Waals surface area contributed by atoms with Gasteiger partial charge in [0.15, 0.2) is 0 Å². The summed E-state index contributed by atoms with van der Waals surface area (Å²) in [6.45, 7) is 8.07. The molecule has 1 aromatic heterocycles. The second-order valence-electron chi connectivity index (χ2n) is 11.4. The highest BCUT2D eigenvalue weighted by molar-refractivity contribution is 5.99. The van der Waals surface area contributed by atoms with Gasteiger partial charge in [0.25, 0.3) is 5.91 Å². The smallest absolute Gasteiger partial charge is 0.267 e. The van der Waals surface area contributed by atoms with E-state index < -0.39 is 0 Å². The zero-order valence-electron chi connectivity index (χ0n) is 22.0. The Morgan fingerprint density at radius 3 is 2.62 bits per heavy atom. The Morgan fingerprint density at radius 1 is 0.973 bits per heavy atom. The number of carbonyl (C=O) groups is 1. The van der Waals surface area contributed by atoms with E-state index in [0.717, 1.165) is 60.3 Å². The van der Waals surface area contributed by atoms with Crippen LogP contribution >= 0.6 is 0 Å². The van der Waals surface area contributed by atoms with E-state index in [1.54, 1.807) is 0 Å². The molecule has 2 atom stereocenters. The monoisotopic (exact) mass is 500 g/mol. The van der Waals surface area contributed by atoms with E-state index in [2.05, 4.69) is 27.0 Å². The normalized spacial score (nSPS) is 23.6. The molecule has 6 nitrogen and oxygen atoms in total. The van der Waals surface area contributed by atoms with E-state index in [0.29, 0.717) is 5.69 Å². The first-order valence-corrected chi connectivity index (χ1v) is 14.3. The number of hydrogen-bond donors (Lipinski definition) is 2. The van der Waals surface area contributed by atoms with Gasteiger partial charge < -0.3 is 24.8 Å². The van der Waals surface area contributed by atoms with Crippen molar-refractivity contribution in [1.82, 2.24) is 20.1 Å². The lowest BCUT2D eigenvalue weighted by Gasteiger charge is -2.46. The van der Waals surface area contributed by atoms with Crippen molar-refractivity contribution in [3.8, 4) is 11.5 Å². The van der Waals surface area contributed by atoms with Crippen molar-refractivity contribution in [3.05, 3.63) is 59.8 Å². The predicted octanol–water partition coefficient (Wildman–Crippen LogP) is 5.73. The molecule has 3 aliphatic heterocycles. The highest BCUT2D eigenvalue weighted by Gasteiger charge is 2.34. The third kappa shape index (κ3) is 5.55. The number of rotatable bonds is 6. The maximum atomic E-state index is 13.1. The highest BCUT2D eigenvalue weighted by atomic mass is 16.5. The minimum Gasteiger partial charge on any atom is -0.457 e. The molecule has 3 fully saturated rings. The predicted molar refractivity (Wildman–Crippen MR) is 148 cm³/mol. The number of benzene rings is 2. The van der Waals surface area contributed by atoms with E-state index in [-0.39, 0.29) is 11.9 Å². The molecule has 6 rings (SSSR count). The Hall–Kier alpha value is -2.83. The second kappa shape index (κ2) is 10.9. The number of nitrogens with zero attached hydrogens (tertiary/aromatic N) is 2. The van der Waals surface area contributed by atoms with Crippen molar-refractivity contribution in [1.29, 1.82) is 0 Å². The van der Waals surface area contributed by atoms with Crippen LogP contribution in [0.4, 0.5) is 0 Å². The maximum Gasteiger partial charge on any atom is 0.267 e. The van der Waals surface area contributed by atoms with Gasteiger partial charge in [-0.25, -0.2) is 0 Å². The van der Waals surface area contributed by atoms with Gasteiger partial charge in [-0.05, 0) is 94.8 Å². The molecule has 0 saturated carbocycles. The third-order valence-corrected chi connectivity index (χ3v) is 8.76. The van der Waals surface area contributed by atoms with Crippen LogP contribution in [0.3, 0.4) is 0 Å². The van der Waals surface area contributed by atoms with Crippen LogP contribution in [0.2, 0.25) is 0 Å². The lowest BCUT2D eigenvalue weighted by molar-refractivity contribution is 0.0351. The lowest BCUT2D eigenvalue weighted by Crippen LogP contribution is -2.52. The van der Waals surface area contributed by atoms with Crippen LogP contribution in [-0.2, 0) is 0 Å². The number of aromatic amines is 1. The number of fused-ring (bicyclic) bond motifs is 2. The van der Waals surface area contributed by atoms with Crippen LogP contribution < -0.4 is 10.1 Å². The fourth-order valence-electron chi connectivity index (χ4n) is 6.72. The number of carbonyl (C=O) groups excluding carboxylic acids is 1. The number of piperidine rings is 3. The molecule has 1 amide bonds. The summed E-state index contributed by atoms with van der Waals surface area (Å²) < 4.78 is 6.14. The second-order valence-corrected chi connectivity index (χ2v) is 11.4. The number of hydrogen-bond acceptors (Lipinski definition) is 4. The molecule has 0 aliphatic carbocycles. The molecule has 3 saturated heterocycles. The van der Waals surface area contributed by atoms with Crippen LogP contribution in [0.25, 0.3) is 10.9 Å². The summed E-state index contributed by atoms with van der Waals surface area (Å²) in [5.41, 5.74) is 2.70. The van der Waals surface area contributed by atoms with Crippen molar-refractivity contribution >= 4 is 16.8 Å². The van der Waals surface area contributed by atoms with Gasteiger partial charge in [-0.2, -0.15) is 0 Å². The number of ether oxygens (including phenoxy) is 1. The van der Waals surface area contributed by atoms with Gasteiger partial charge in [-0.3, -0.25) is 4.79 Å². The van der Waals surface area contributed by atoms with Crippen LogP contribution in [0.1, 0.15) is 61.0 Å². The molecule has 2 aromatic carbocycles. The summed E-state index contributed by atoms with van der Waals surface area (Å²) in [7, 11) is 0. The lowest BCUT2D eigenvalue weighted by atomic mass is 9.83. The zero-order valence-corrected chi connectivity index (χ0v) is 22.0. The fourth-order valence-corrected chi connectivity index (χ4v) is 6.72. The van der Waals surface area contributed by atoms with E-state index in [1.165, 1.54) is 57.3 Å². The van der Waals surface area contributed by atoms with E-state index in [4.69, 9.17) is 4.74 Å². The largest absolute Gasteiger partial charge is 0.457 e. The van der Waals surface area contributed by atoms with Crippen molar-refractivity contribution in [2.45, 2.75) is 64.0 Å². The molecule has 2 N–H and O–H groups in total. The van der Waals surface area contributed by atoms with Gasteiger partial charge in [-0.1, -0.05) is 30.2 Å². The quantitative estimate of drug-likeness (QED) is 0.454. The number of aromatic nitrogens is 1. The first-order valence-electron chi connectivity index (χ1n) is 14.3. The van der Waals surface area contributed by atoms with E-state index in [1.807, 2.05) is 48.5 Å². The summed E-state index contributed by atoms with van der Waals surface area (Å²) in [5, 5.41) is 4.22. The minimum absolute atomic E-state index is 0.0268. The van der Waals surface area contributed by atoms with Gasteiger partial charge in [0.1, 0.15) is 17.2 Å². The number of nitrogens with one attached hydrogen (secondary N) is 2. The van der Waals surface area contributed by atoms with Gasteiger partial charge >= 0.3 is 0 Å². The van der Waals surface area contributed by atoms with Crippen molar-refractivity contribution in [3.63, 3.8) is 0 Å². The molecule has 6 heteroatoms. The average Bonchev–Trinajstić information content (AvgIpc) is 3.37. The van der Waals surface area contributed by atoms with Crippen LogP contribution in [0, 0.1) is 12.8 Å². The molecule has 4 heterocycles. The molecule has 37 heavy (non-hydrogen) atoms. The van der Waals surface area contributed by atoms with Crippen molar-refractivity contribution < 1.29 is 9.53 Å². The van der Waals surface area contributed by atoms with Crippen LogP contribution in [0.5, 0.6) is 11.5 Å². The number of aryl methyl sites for hydroxylation is 1. The topological polar surface area (TPSA) is 60.6 Å². The summed E-state index contributed by atoms with van der Waals surface area (Å²) in [5.74, 6) is 2.34. The van der Waals surface area contributed by atoms with Crippen molar-refractivity contribution in [2.75, 3.05) is 32.7 Å². The summed E-state index contributed by atoms with van der Waals surface area (Å²) in [6.07, 6.45) is 8.96. The minimum atomic E-state index is -0.0268. The molecule has 3 aliphatic rings. The maximum absolute atomic E-state index is 13.1. The number of likely N-dealkylation sites (tertiary alicyclic amines) is 1. The number of H-pyrrole nitrogens is 1. The van der Waals surface area contributed by atoms with Crippen LogP contribution in [-0.4, -0.2) is 65.5 Å². The fraction of sp³-hybridized carbons (Fsp3) is 0.516. The van der Waals surface area contributed by atoms with E-state index >= 15 is 0 Å². The molecule has 196 valence electrons. The Bertz CT molecular complexity index is 1210. The summed E-state index contributed by atoms with van der Waals surface area (Å²) >= 11 is 0. The summed E-state index contributed by atoms with van der Waals surface area (Å²) in [6, 6.07) is 16.9. The van der Waals surface area contributed by atoms with Crippen molar-refractivity contribution in [2.24, 2.45) is 5.92 Å². The zero-order chi connectivity index (χ0) is 25.2. The van der Waals surface area contributed by atoms with E-state index in [9.17, 15) is 4.79 Å². The molecular formula is C31H40N4O2. The van der Waals surface area contributed by atoms with Gasteiger partial charge in [0, 0.05) is 42.6 Å². The number of amides is 1. The molecular weight excluding hydrogens is 460 g/mol. The van der Waals surface area contributed by atoms with Crippen LogP contribution in [0.15, 0.2) is 48.5 Å². The van der Waals surface area contributed by atoms with Gasteiger partial charge in [0.2, 0.25) is 0 Å². The molecule has 0 unspecified atom stereocenters. The standard InChI is InChI=1S/C31H40N4O2/c1-22-10-12-25(13-11-22)37-30-9-4-7-27-26(30)20-28(33-27)31(36)32-24-14-18-34(19-15-24)21-23-6-5-17-35-16-3-2-8-29(23)35/h4,7,9-13,20,23-24,29,33H,2-3,5-6,8,14-19,21H2,1H3,(H,32,36)/t23-,29+/m0/s1. The molecule has 0 radical (unpaired) electrons. The SMILES string of the molecule is Cc1ccc(Oc2cccc3[nH]c(C(=O)NC4CCN(C[C@@H]5CCCN6CCCC[C@H]56)CC4)cc23)cc1. The highest BCUT2D eigenvalue weighted by Crippen LogP contribution is 2.33. The molecule has 3 aromatic rings. The van der Waals surface area contributed by atoms with Gasteiger partial charge in [0.05, 0.1) is 0 Å². The Kier molecular flexibility index (Phi) is 7.21. The first kappa shape index (κ1) is 24.5. The molecule has 0 bridgehead atoms. The molecule has 0 spiro atoms. The third-order valence-electron chi connectivity index (χ3n) is 8.76. The van der Waals surface area contributed by atoms with Gasteiger partial charge in [-0.15, -0.1) is 0 Å². The first-order chi connectivity index (χ1) is 18.1. The Morgan fingerprint density at radius 2 is 1.78 bits per heavy atom.